The molecule has 174 valence electrons. The zero-order valence-electron chi connectivity index (χ0n) is 19.1. The first-order valence-electron chi connectivity index (χ1n) is 11.2. The number of nitrogens with one attached hydrogen (secondary N) is 2. The number of carbonyl (C=O) groups excluding carboxylic acids is 1. The van der Waals surface area contributed by atoms with Gasteiger partial charge in [-0.1, -0.05) is 42.5 Å². The van der Waals surface area contributed by atoms with Gasteiger partial charge in [-0.05, 0) is 30.3 Å². The third-order valence-corrected chi connectivity index (χ3v) is 7.09. The van der Waals surface area contributed by atoms with E-state index in [0.29, 0.717) is 12.1 Å². The fraction of sp³-hybridized carbons (Fsp3) is 0.185. The molecule has 5 rings (SSSR count). The first-order chi connectivity index (χ1) is 16.0. The summed E-state index contributed by atoms with van der Waals surface area (Å²) in [6.45, 7) is 1.70. The van der Waals surface area contributed by atoms with Crippen molar-refractivity contribution >= 4 is 54.0 Å². The van der Waals surface area contributed by atoms with Crippen LogP contribution in [0.2, 0.25) is 0 Å². The van der Waals surface area contributed by atoms with Crippen LogP contribution in [-0.4, -0.2) is 31.1 Å². The van der Waals surface area contributed by atoms with Crippen molar-refractivity contribution in [3.8, 4) is 0 Å². The van der Waals surface area contributed by atoms with Gasteiger partial charge in [0.2, 0.25) is 0 Å². The van der Waals surface area contributed by atoms with Crippen molar-refractivity contribution in [2.45, 2.75) is 13.0 Å². The van der Waals surface area contributed by atoms with E-state index < -0.39 is 0 Å². The average Bonchev–Trinajstić information content (AvgIpc) is 3.21. The summed E-state index contributed by atoms with van der Waals surface area (Å²) >= 11 is 1.48. The number of amides is 1. The molecule has 2 aromatic heterocycles. The molecule has 1 amide bonds. The van der Waals surface area contributed by atoms with E-state index in [-0.39, 0.29) is 23.9 Å². The zero-order chi connectivity index (χ0) is 22.9. The van der Waals surface area contributed by atoms with Crippen LogP contribution in [0.25, 0.3) is 31.1 Å². The summed E-state index contributed by atoms with van der Waals surface area (Å²) in [4.78, 5) is 27.7. The molecular formula is C27H26ClN3O2S. The first-order valence-corrected chi connectivity index (χ1v) is 12.0. The molecule has 3 aromatic carbocycles. The Hall–Kier alpha value is -3.19. The summed E-state index contributed by atoms with van der Waals surface area (Å²) in [5, 5.41) is 6.02. The lowest BCUT2D eigenvalue weighted by atomic mass is 10.1. The lowest BCUT2D eigenvalue weighted by molar-refractivity contribution is -0.858. The molecule has 5 nitrogen and oxygen atoms in total. The molecule has 0 aliphatic heterocycles. The predicted octanol–water partition coefficient (Wildman–Crippen LogP) is 1.16. The minimum atomic E-state index is -0.158. The third-order valence-electron chi connectivity index (χ3n) is 5.95. The molecule has 0 atom stereocenters. The number of quaternary nitrogens is 1. The topological polar surface area (TPSA) is 55.5 Å². The van der Waals surface area contributed by atoms with Crippen LogP contribution in [0.5, 0.6) is 0 Å². The van der Waals surface area contributed by atoms with Gasteiger partial charge in [-0.3, -0.25) is 9.59 Å². The quantitative estimate of drug-likeness (QED) is 0.374. The largest absolute Gasteiger partial charge is 1.00 e. The van der Waals surface area contributed by atoms with Crippen LogP contribution >= 0.6 is 11.3 Å². The van der Waals surface area contributed by atoms with Crippen LogP contribution in [0.4, 0.5) is 5.69 Å². The number of anilines is 1. The number of aryl methyl sites for hydroxylation is 1. The molecule has 2 heterocycles. The fourth-order valence-corrected chi connectivity index (χ4v) is 5.55. The molecule has 0 bridgehead atoms. The average molecular weight is 492 g/mol. The molecule has 0 radical (unpaired) electrons. The zero-order valence-corrected chi connectivity index (χ0v) is 20.7. The summed E-state index contributed by atoms with van der Waals surface area (Å²) in [6.07, 6.45) is 0.937. The molecule has 0 saturated heterocycles. The number of fused-ring (bicyclic) bond motifs is 5. The number of para-hydroxylation sites is 2. The molecular weight excluding hydrogens is 466 g/mol. The van der Waals surface area contributed by atoms with Crippen LogP contribution in [-0.2, 0) is 6.54 Å². The Morgan fingerprint density at radius 1 is 0.971 bits per heavy atom. The molecule has 0 aliphatic rings. The summed E-state index contributed by atoms with van der Waals surface area (Å²) in [5.41, 5.74) is 2.35. The predicted molar refractivity (Wildman–Crippen MR) is 138 cm³/mol. The maximum atomic E-state index is 13.5. The van der Waals surface area contributed by atoms with Gasteiger partial charge in [0.15, 0.2) is 0 Å². The lowest BCUT2D eigenvalue weighted by Crippen LogP contribution is -3.05. The molecule has 0 unspecified atom stereocenters. The van der Waals surface area contributed by atoms with E-state index in [1.54, 1.807) is 0 Å². The number of halogens is 1. The summed E-state index contributed by atoms with van der Waals surface area (Å²) in [7, 11) is 4.25. The molecule has 5 aromatic rings. The highest BCUT2D eigenvalue weighted by molar-refractivity contribution is 7.26. The Bertz CT molecular complexity index is 1540. The number of hydrogen-bond acceptors (Lipinski definition) is 3. The number of pyridine rings is 1. The Kier molecular flexibility index (Phi) is 7.03. The highest BCUT2D eigenvalue weighted by Gasteiger charge is 2.17. The van der Waals surface area contributed by atoms with E-state index in [0.717, 1.165) is 49.7 Å². The van der Waals surface area contributed by atoms with Crippen LogP contribution in [0.15, 0.2) is 77.6 Å². The second-order valence-corrected chi connectivity index (χ2v) is 9.67. The van der Waals surface area contributed by atoms with E-state index in [1.165, 1.54) is 16.2 Å². The number of aromatic nitrogens is 1. The van der Waals surface area contributed by atoms with Crippen molar-refractivity contribution in [2.24, 2.45) is 0 Å². The van der Waals surface area contributed by atoms with Gasteiger partial charge in [0, 0.05) is 45.1 Å². The normalized spacial score (nSPS) is 11.3. The molecule has 0 spiro atoms. The monoisotopic (exact) mass is 491 g/mol. The molecule has 0 saturated carbocycles. The van der Waals surface area contributed by atoms with Crippen molar-refractivity contribution in [2.75, 3.05) is 26.0 Å². The fourth-order valence-electron chi connectivity index (χ4n) is 4.35. The minimum Gasteiger partial charge on any atom is -1.00 e. The highest BCUT2D eigenvalue weighted by atomic mass is 35.5. The molecule has 34 heavy (non-hydrogen) atoms. The smallest absolute Gasteiger partial charge is 0.269 e. The van der Waals surface area contributed by atoms with Gasteiger partial charge in [-0.25, -0.2) is 0 Å². The first kappa shape index (κ1) is 24.0. The van der Waals surface area contributed by atoms with Crippen molar-refractivity contribution in [3.05, 3.63) is 88.7 Å². The van der Waals surface area contributed by atoms with Crippen molar-refractivity contribution < 1.29 is 22.1 Å². The van der Waals surface area contributed by atoms with E-state index in [4.69, 9.17) is 0 Å². The third kappa shape index (κ3) is 4.44. The van der Waals surface area contributed by atoms with E-state index in [1.807, 2.05) is 71.3 Å². The standard InChI is InChI=1S/C27H25N3O2S.ClH/c1-29(2)15-8-16-30-22-12-7-6-11-20(22)24-21-14-13-18(17-23(21)33-25(24)27(30)32)26(31)28-19-9-4-3-5-10-19;/h3-7,9-14,17H,8,15-16H2,1-2H3,(H,28,31);1H. The number of hydrogen-bond donors (Lipinski definition) is 2. The van der Waals surface area contributed by atoms with Crippen LogP contribution in [0, 0.1) is 0 Å². The number of rotatable bonds is 6. The van der Waals surface area contributed by atoms with Gasteiger partial charge >= 0.3 is 0 Å². The Labute approximate surface area is 208 Å². The van der Waals surface area contributed by atoms with Gasteiger partial charge in [-0.15, -0.1) is 11.3 Å². The SMILES string of the molecule is C[NH+](C)CCCn1c(=O)c2sc3cc(C(=O)Nc4ccccc4)ccc3c2c2ccccc21.[Cl-]. The Balaban J connectivity index is 0.00000274. The summed E-state index contributed by atoms with van der Waals surface area (Å²) in [5.74, 6) is -0.158. The minimum absolute atomic E-state index is 0. The maximum absolute atomic E-state index is 13.5. The van der Waals surface area contributed by atoms with Crippen molar-refractivity contribution in [1.29, 1.82) is 0 Å². The van der Waals surface area contributed by atoms with Gasteiger partial charge in [0.05, 0.1) is 26.2 Å². The van der Waals surface area contributed by atoms with Crippen molar-refractivity contribution in [3.63, 3.8) is 0 Å². The van der Waals surface area contributed by atoms with Gasteiger partial charge in [0.25, 0.3) is 11.5 Å². The van der Waals surface area contributed by atoms with Gasteiger partial charge < -0.3 is 27.2 Å². The van der Waals surface area contributed by atoms with Gasteiger partial charge in [0.1, 0.15) is 4.70 Å². The van der Waals surface area contributed by atoms with Crippen LogP contribution < -0.4 is 28.2 Å². The maximum Gasteiger partial charge on any atom is 0.269 e. The Morgan fingerprint density at radius 3 is 2.47 bits per heavy atom. The van der Waals surface area contributed by atoms with E-state index in [9.17, 15) is 9.59 Å². The second-order valence-electron chi connectivity index (χ2n) is 8.62. The van der Waals surface area contributed by atoms with Crippen LogP contribution in [0.1, 0.15) is 16.8 Å². The number of thiophene rings is 1. The molecule has 7 heteroatoms. The van der Waals surface area contributed by atoms with E-state index >= 15 is 0 Å². The number of carbonyl (C=O) groups is 1. The highest BCUT2D eigenvalue weighted by Crippen LogP contribution is 2.37. The summed E-state index contributed by atoms with van der Waals surface area (Å²) in [6, 6.07) is 23.3. The molecule has 2 N–H and O–H groups in total. The lowest BCUT2D eigenvalue weighted by Gasteiger charge is -2.12. The van der Waals surface area contributed by atoms with Gasteiger partial charge in [-0.2, -0.15) is 0 Å². The Morgan fingerprint density at radius 2 is 1.71 bits per heavy atom. The summed E-state index contributed by atoms with van der Waals surface area (Å²) < 4.78 is 3.61. The van der Waals surface area contributed by atoms with Crippen LogP contribution in [0.3, 0.4) is 0 Å². The number of benzene rings is 3. The van der Waals surface area contributed by atoms with E-state index in [2.05, 4.69) is 25.5 Å². The second kappa shape index (κ2) is 9.97. The number of nitrogens with zero attached hydrogens (tertiary/aromatic N) is 1. The molecule has 0 aliphatic carbocycles. The van der Waals surface area contributed by atoms with Crippen molar-refractivity contribution in [1.82, 2.24) is 4.57 Å². The molecule has 0 fully saturated rings.